The van der Waals surface area contributed by atoms with Crippen molar-refractivity contribution in [3.8, 4) is 11.1 Å². The van der Waals surface area contributed by atoms with Crippen LogP contribution in [0.25, 0.3) is 22.0 Å². The molecule has 4 aromatic rings. The number of carboxylic acid groups (broad SMARTS) is 1. The molecule has 0 aliphatic heterocycles. The van der Waals surface area contributed by atoms with Crippen molar-refractivity contribution in [3.63, 3.8) is 0 Å². The molecule has 1 unspecified atom stereocenters. The van der Waals surface area contributed by atoms with Crippen molar-refractivity contribution in [3.05, 3.63) is 89.6 Å². The summed E-state index contributed by atoms with van der Waals surface area (Å²) < 4.78 is 40.9. The van der Waals surface area contributed by atoms with E-state index in [0.717, 1.165) is 47.0 Å². The molecule has 208 valence electrons. The first kappa shape index (κ1) is 27.6. The molecule has 1 heterocycles. The normalized spacial score (nSPS) is 14.7. The minimum atomic E-state index is -4.37. The zero-order valence-electron chi connectivity index (χ0n) is 22.0. The molecule has 1 saturated carbocycles. The number of hydrogen-bond acceptors (Lipinski definition) is 3. The van der Waals surface area contributed by atoms with Gasteiger partial charge >= 0.3 is 12.1 Å². The Morgan fingerprint density at radius 2 is 1.65 bits per heavy atom. The van der Waals surface area contributed by atoms with Gasteiger partial charge in [0.1, 0.15) is 0 Å². The molecule has 0 bridgehead atoms. The maximum atomic E-state index is 13.0. The molecule has 1 atom stereocenters. The lowest BCUT2D eigenvalue weighted by molar-refractivity contribution is -0.138. The van der Waals surface area contributed by atoms with Crippen LogP contribution in [0.5, 0.6) is 0 Å². The summed E-state index contributed by atoms with van der Waals surface area (Å²) in [5.74, 6) is -0.264. The van der Waals surface area contributed by atoms with E-state index in [1.54, 1.807) is 6.20 Å². The van der Waals surface area contributed by atoms with Gasteiger partial charge in [0, 0.05) is 23.8 Å². The zero-order valence-corrected chi connectivity index (χ0v) is 22.0. The molecular formula is C32H31F3N2O3. The van der Waals surface area contributed by atoms with Crippen molar-refractivity contribution in [2.24, 2.45) is 5.92 Å². The maximum absolute atomic E-state index is 13.0. The molecule has 1 aromatic heterocycles. The Balaban J connectivity index is 1.40. The highest BCUT2D eigenvalue weighted by Crippen LogP contribution is 2.36. The van der Waals surface area contributed by atoms with Crippen LogP contribution < -0.4 is 0 Å². The van der Waals surface area contributed by atoms with Gasteiger partial charge in [-0.05, 0) is 66.1 Å². The van der Waals surface area contributed by atoms with Crippen LogP contribution in [0.2, 0.25) is 0 Å². The largest absolute Gasteiger partial charge is 0.481 e. The Kier molecular flexibility index (Phi) is 8.05. The molecule has 5 rings (SSSR count). The number of alkyl halides is 3. The summed E-state index contributed by atoms with van der Waals surface area (Å²) in [4.78, 5) is 23.3. The quantitative estimate of drug-likeness (QED) is 0.191. The van der Waals surface area contributed by atoms with Crippen LogP contribution in [0.1, 0.15) is 78.9 Å². The van der Waals surface area contributed by atoms with Gasteiger partial charge < -0.3 is 5.11 Å². The van der Waals surface area contributed by atoms with Crippen LogP contribution in [-0.2, 0) is 11.0 Å². The summed E-state index contributed by atoms with van der Waals surface area (Å²) in [6.45, 7) is 0. The summed E-state index contributed by atoms with van der Waals surface area (Å²) >= 11 is 0. The van der Waals surface area contributed by atoms with E-state index in [1.807, 2.05) is 47.1 Å². The highest BCUT2D eigenvalue weighted by Gasteiger charge is 2.30. The minimum Gasteiger partial charge on any atom is -0.481 e. The fraction of sp³-hybridized carbons (Fsp3) is 0.344. The molecule has 0 saturated heterocycles. The average molecular weight is 549 g/mol. The van der Waals surface area contributed by atoms with E-state index < -0.39 is 17.7 Å². The lowest BCUT2D eigenvalue weighted by atomic mass is 9.80. The highest BCUT2D eigenvalue weighted by atomic mass is 19.4. The maximum Gasteiger partial charge on any atom is 0.416 e. The number of Topliss-reactive ketones (excluding diaryl/α,β-unsaturated/α-hetero) is 1. The van der Waals surface area contributed by atoms with E-state index in [-0.39, 0.29) is 24.7 Å². The SMILES string of the molecule is O=C(O)CCCC(=O)c1ccc(C(CCC2CCC2)n2ncc3cc(-c4ccc(C(F)(F)F)cc4)ccc32)cc1. The number of halogens is 3. The first-order chi connectivity index (χ1) is 19.2. The molecular weight excluding hydrogens is 517 g/mol. The van der Waals surface area contributed by atoms with Crippen molar-refractivity contribution in [2.75, 3.05) is 0 Å². The molecule has 0 spiro atoms. The summed E-state index contributed by atoms with van der Waals surface area (Å²) in [6.07, 6.45) is 3.63. The molecule has 5 nitrogen and oxygen atoms in total. The molecule has 1 fully saturated rings. The first-order valence-electron chi connectivity index (χ1n) is 13.7. The van der Waals surface area contributed by atoms with Crippen molar-refractivity contribution in [1.82, 2.24) is 9.78 Å². The van der Waals surface area contributed by atoms with E-state index in [1.165, 1.54) is 31.4 Å². The molecule has 8 heteroatoms. The topological polar surface area (TPSA) is 72.2 Å². The van der Waals surface area contributed by atoms with E-state index in [4.69, 9.17) is 10.2 Å². The smallest absolute Gasteiger partial charge is 0.416 e. The number of carbonyl (C=O) groups is 2. The fourth-order valence-electron chi connectivity index (χ4n) is 5.37. The average Bonchev–Trinajstić information content (AvgIpc) is 3.32. The van der Waals surface area contributed by atoms with Crippen LogP contribution >= 0.6 is 0 Å². The van der Waals surface area contributed by atoms with Crippen molar-refractivity contribution < 1.29 is 27.9 Å². The number of benzene rings is 3. The number of aromatic nitrogens is 2. The minimum absolute atomic E-state index is 0.0278. The summed E-state index contributed by atoms with van der Waals surface area (Å²) in [5.41, 5.74) is 3.39. The second-order valence-corrected chi connectivity index (χ2v) is 10.6. The van der Waals surface area contributed by atoms with Gasteiger partial charge in [-0.25, -0.2) is 0 Å². The van der Waals surface area contributed by atoms with Crippen molar-refractivity contribution >= 4 is 22.7 Å². The van der Waals surface area contributed by atoms with Gasteiger partial charge in [-0.1, -0.05) is 61.7 Å². The Labute approximate surface area is 230 Å². The van der Waals surface area contributed by atoms with Gasteiger partial charge in [-0.3, -0.25) is 14.3 Å². The highest BCUT2D eigenvalue weighted by molar-refractivity contribution is 5.96. The predicted octanol–water partition coefficient (Wildman–Crippen LogP) is 8.33. The van der Waals surface area contributed by atoms with Crippen molar-refractivity contribution in [2.45, 2.75) is 63.6 Å². The lowest BCUT2D eigenvalue weighted by Gasteiger charge is -2.28. The van der Waals surface area contributed by atoms with Gasteiger partial charge in [0.05, 0.1) is 23.3 Å². The molecule has 40 heavy (non-hydrogen) atoms. The summed E-state index contributed by atoms with van der Waals surface area (Å²) in [7, 11) is 0. The summed E-state index contributed by atoms with van der Waals surface area (Å²) in [5, 5.41) is 14.5. The Bertz CT molecular complexity index is 1490. The monoisotopic (exact) mass is 548 g/mol. The van der Waals surface area contributed by atoms with E-state index in [9.17, 15) is 22.8 Å². The first-order valence-corrected chi connectivity index (χ1v) is 13.7. The standard InChI is InChI=1S/C32H31F3N2O3/c33-32(34,35)27-15-12-22(13-16-27)25-14-18-29-26(19-25)20-36-37(29)28(17-7-21-3-1-4-21)23-8-10-24(11-9-23)30(38)5-2-6-31(39)40/h8-16,18-21,28H,1-7,17H2,(H,39,40). The third-order valence-electron chi connectivity index (χ3n) is 7.92. The number of hydrogen-bond donors (Lipinski definition) is 1. The van der Waals surface area contributed by atoms with E-state index >= 15 is 0 Å². The number of carbonyl (C=O) groups excluding carboxylic acids is 1. The predicted molar refractivity (Wildman–Crippen MR) is 147 cm³/mol. The molecule has 1 aliphatic rings. The third kappa shape index (κ3) is 6.27. The molecule has 3 aromatic carbocycles. The second kappa shape index (κ2) is 11.7. The fourth-order valence-corrected chi connectivity index (χ4v) is 5.37. The zero-order chi connectivity index (χ0) is 28.3. The van der Waals surface area contributed by atoms with E-state index in [2.05, 4.69) is 0 Å². The molecule has 0 amide bonds. The van der Waals surface area contributed by atoms with Gasteiger partial charge in [0.15, 0.2) is 5.78 Å². The Morgan fingerprint density at radius 1 is 0.950 bits per heavy atom. The van der Waals surface area contributed by atoms with Crippen LogP contribution in [0.3, 0.4) is 0 Å². The van der Waals surface area contributed by atoms with Gasteiger partial charge in [0.25, 0.3) is 0 Å². The number of ketones is 1. The Hall–Kier alpha value is -3.94. The molecule has 1 aliphatic carbocycles. The number of nitrogens with zero attached hydrogens (tertiary/aromatic N) is 2. The van der Waals surface area contributed by atoms with Gasteiger partial charge in [0.2, 0.25) is 0 Å². The summed E-state index contributed by atoms with van der Waals surface area (Å²) in [6, 6.07) is 18.5. The Morgan fingerprint density at radius 3 is 2.27 bits per heavy atom. The van der Waals surface area contributed by atoms with Crippen LogP contribution in [0.15, 0.2) is 72.9 Å². The van der Waals surface area contributed by atoms with Crippen LogP contribution in [-0.4, -0.2) is 26.6 Å². The number of rotatable bonds is 11. The van der Waals surface area contributed by atoms with Crippen molar-refractivity contribution in [1.29, 1.82) is 0 Å². The van der Waals surface area contributed by atoms with E-state index in [0.29, 0.717) is 23.5 Å². The van der Waals surface area contributed by atoms with Crippen LogP contribution in [0.4, 0.5) is 13.2 Å². The van der Waals surface area contributed by atoms with Gasteiger partial charge in [-0.2, -0.15) is 18.3 Å². The number of carboxylic acids is 1. The second-order valence-electron chi connectivity index (χ2n) is 10.6. The molecule has 1 N–H and O–H groups in total. The van der Waals surface area contributed by atoms with Crippen LogP contribution in [0, 0.1) is 5.92 Å². The lowest BCUT2D eigenvalue weighted by Crippen LogP contribution is -2.17. The van der Waals surface area contributed by atoms with Gasteiger partial charge in [-0.15, -0.1) is 0 Å². The third-order valence-corrected chi connectivity index (χ3v) is 7.92. The number of fused-ring (bicyclic) bond motifs is 1. The molecule has 0 radical (unpaired) electrons. The number of aliphatic carboxylic acids is 1.